The van der Waals surface area contributed by atoms with Crippen molar-refractivity contribution in [1.82, 2.24) is 0 Å². The van der Waals surface area contributed by atoms with Crippen molar-refractivity contribution in [3.8, 4) is 11.5 Å². The summed E-state index contributed by atoms with van der Waals surface area (Å²) in [7, 11) is 0. The Morgan fingerprint density at radius 1 is 1.22 bits per heavy atom. The normalized spacial score (nSPS) is 16.6. The van der Waals surface area contributed by atoms with Crippen LogP contribution in [0, 0.1) is 0 Å². The number of oxime groups is 1. The first-order valence-corrected chi connectivity index (χ1v) is 7.23. The topological polar surface area (TPSA) is 91.2 Å². The van der Waals surface area contributed by atoms with Gasteiger partial charge in [-0.2, -0.15) is 0 Å². The van der Waals surface area contributed by atoms with Crippen LogP contribution in [0.25, 0.3) is 0 Å². The van der Waals surface area contributed by atoms with E-state index in [1.54, 1.807) is 18.2 Å². The highest BCUT2D eigenvalue weighted by Crippen LogP contribution is 2.28. The molecular weight excluding hydrogens is 320 g/mol. The molecular formula is C16H13ClN2O4. The van der Waals surface area contributed by atoms with Crippen molar-refractivity contribution < 1.29 is 19.8 Å². The minimum absolute atomic E-state index is 0.0726. The highest BCUT2D eigenvalue weighted by atomic mass is 35.5. The number of carbonyl (C=O) groups is 1. The summed E-state index contributed by atoms with van der Waals surface area (Å²) in [6.07, 6.45) is -0.631. The molecule has 0 saturated heterocycles. The summed E-state index contributed by atoms with van der Waals surface area (Å²) in [4.78, 5) is 17.3. The van der Waals surface area contributed by atoms with Gasteiger partial charge in [-0.3, -0.25) is 4.79 Å². The van der Waals surface area contributed by atoms with Gasteiger partial charge in [-0.15, -0.1) is 0 Å². The molecule has 23 heavy (non-hydrogen) atoms. The molecule has 118 valence electrons. The summed E-state index contributed by atoms with van der Waals surface area (Å²) < 4.78 is 0. The lowest BCUT2D eigenvalue weighted by molar-refractivity contribution is -0.125. The predicted molar refractivity (Wildman–Crippen MR) is 85.9 cm³/mol. The molecule has 0 bridgehead atoms. The van der Waals surface area contributed by atoms with Crippen LogP contribution in [0.2, 0.25) is 5.02 Å². The molecule has 0 spiro atoms. The van der Waals surface area contributed by atoms with Crippen molar-refractivity contribution in [2.75, 3.05) is 5.32 Å². The minimum Gasteiger partial charge on any atom is -0.507 e. The number of halogens is 1. The first-order valence-electron chi connectivity index (χ1n) is 6.85. The minimum atomic E-state index is -0.844. The van der Waals surface area contributed by atoms with Crippen LogP contribution >= 0.6 is 11.6 Å². The molecule has 6 nitrogen and oxygen atoms in total. The zero-order valence-electron chi connectivity index (χ0n) is 11.9. The number of nitrogens with one attached hydrogen (secondary N) is 1. The van der Waals surface area contributed by atoms with E-state index in [9.17, 15) is 15.0 Å². The van der Waals surface area contributed by atoms with Crippen molar-refractivity contribution in [1.29, 1.82) is 0 Å². The van der Waals surface area contributed by atoms with E-state index in [0.717, 1.165) is 0 Å². The molecule has 1 atom stereocenters. The molecule has 3 rings (SSSR count). The van der Waals surface area contributed by atoms with Crippen LogP contribution in [0.4, 0.5) is 5.69 Å². The van der Waals surface area contributed by atoms with Crippen molar-refractivity contribution >= 4 is 28.9 Å². The van der Waals surface area contributed by atoms with Crippen LogP contribution < -0.4 is 5.32 Å². The van der Waals surface area contributed by atoms with Gasteiger partial charge in [0.15, 0.2) is 0 Å². The number of phenolic OH excluding ortho intramolecular Hbond substituents is 2. The molecule has 1 aliphatic rings. The van der Waals surface area contributed by atoms with Crippen LogP contribution in [-0.4, -0.2) is 27.9 Å². The Bertz CT molecular complexity index is 791. The average molecular weight is 333 g/mol. The highest BCUT2D eigenvalue weighted by molar-refractivity contribution is 6.31. The molecule has 1 amide bonds. The molecule has 0 aromatic heterocycles. The van der Waals surface area contributed by atoms with Gasteiger partial charge in [0.1, 0.15) is 11.5 Å². The van der Waals surface area contributed by atoms with E-state index in [2.05, 4.69) is 10.5 Å². The summed E-state index contributed by atoms with van der Waals surface area (Å²) >= 11 is 5.84. The Balaban J connectivity index is 1.69. The quantitative estimate of drug-likeness (QED) is 0.754. The molecule has 3 N–H and O–H groups in total. The first-order chi connectivity index (χ1) is 11.0. The third kappa shape index (κ3) is 3.22. The van der Waals surface area contributed by atoms with Gasteiger partial charge < -0.3 is 20.4 Å². The van der Waals surface area contributed by atoms with Crippen LogP contribution in [0.5, 0.6) is 11.5 Å². The highest BCUT2D eigenvalue weighted by Gasteiger charge is 2.30. The number of rotatable bonds is 3. The molecule has 0 radical (unpaired) electrons. The number of aromatic hydroxyl groups is 2. The van der Waals surface area contributed by atoms with E-state index in [0.29, 0.717) is 16.3 Å². The van der Waals surface area contributed by atoms with Crippen molar-refractivity contribution in [2.45, 2.75) is 12.5 Å². The van der Waals surface area contributed by atoms with Gasteiger partial charge in [-0.05, 0) is 30.3 Å². The van der Waals surface area contributed by atoms with Gasteiger partial charge in [0.05, 0.1) is 11.4 Å². The Kier molecular flexibility index (Phi) is 4.08. The molecule has 0 unspecified atom stereocenters. The van der Waals surface area contributed by atoms with Crippen molar-refractivity contribution in [3.63, 3.8) is 0 Å². The maximum absolute atomic E-state index is 12.2. The van der Waals surface area contributed by atoms with E-state index in [4.69, 9.17) is 16.4 Å². The molecule has 0 fully saturated rings. The molecule has 1 aliphatic heterocycles. The predicted octanol–water partition coefficient (Wildman–Crippen LogP) is 2.88. The van der Waals surface area contributed by atoms with E-state index in [-0.39, 0.29) is 23.6 Å². The zero-order valence-corrected chi connectivity index (χ0v) is 12.6. The Hall–Kier alpha value is -2.73. The van der Waals surface area contributed by atoms with E-state index < -0.39 is 12.0 Å². The number of para-hydroxylation sites is 1. The lowest BCUT2D eigenvalue weighted by Crippen LogP contribution is -2.28. The molecule has 2 aromatic carbocycles. The number of nitrogens with zero attached hydrogens (tertiary/aromatic N) is 1. The lowest BCUT2D eigenvalue weighted by atomic mass is 10.0. The summed E-state index contributed by atoms with van der Waals surface area (Å²) in [5, 5.41) is 26.3. The number of benzene rings is 2. The van der Waals surface area contributed by atoms with Gasteiger partial charge >= 0.3 is 0 Å². The van der Waals surface area contributed by atoms with Gasteiger partial charge in [-0.1, -0.05) is 28.9 Å². The van der Waals surface area contributed by atoms with Crippen LogP contribution in [0.3, 0.4) is 0 Å². The number of carbonyl (C=O) groups excluding carboxylic acids is 1. The number of amides is 1. The SMILES string of the molecule is O=C(Nc1cc(Cl)ccc1O)[C@@H]1CC(c2ccccc2O)=NO1. The number of anilines is 1. The molecule has 2 aromatic rings. The van der Waals surface area contributed by atoms with Crippen molar-refractivity contribution in [3.05, 3.63) is 53.1 Å². The Morgan fingerprint density at radius 2 is 2.00 bits per heavy atom. The van der Waals surface area contributed by atoms with Gasteiger partial charge in [0.2, 0.25) is 6.10 Å². The smallest absolute Gasteiger partial charge is 0.268 e. The second-order valence-electron chi connectivity index (χ2n) is 5.00. The maximum atomic E-state index is 12.2. The Morgan fingerprint density at radius 3 is 2.78 bits per heavy atom. The third-order valence-electron chi connectivity index (χ3n) is 3.39. The Labute approximate surface area is 137 Å². The summed E-state index contributed by atoms with van der Waals surface area (Å²) in [6.45, 7) is 0. The van der Waals surface area contributed by atoms with Gasteiger partial charge in [-0.25, -0.2) is 0 Å². The van der Waals surface area contributed by atoms with Crippen LogP contribution in [0.15, 0.2) is 47.6 Å². The standard InChI is InChI=1S/C16H13ClN2O4/c17-9-5-6-14(21)12(7-9)18-16(22)15-8-11(19-23-15)10-3-1-2-4-13(10)20/h1-7,15,20-21H,8H2,(H,18,22)/t15-/m0/s1. The number of hydrogen-bond acceptors (Lipinski definition) is 5. The fourth-order valence-corrected chi connectivity index (χ4v) is 2.39. The monoisotopic (exact) mass is 332 g/mol. The average Bonchev–Trinajstić information content (AvgIpc) is 3.01. The molecule has 1 heterocycles. The molecule has 0 aliphatic carbocycles. The van der Waals surface area contributed by atoms with E-state index >= 15 is 0 Å². The van der Waals surface area contributed by atoms with Gasteiger partial charge in [0.25, 0.3) is 5.91 Å². The summed E-state index contributed by atoms with van der Waals surface area (Å²) in [5.41, 5.74) is 1.20. The van der Waals surface area contributed by atoms with E-state index in [1.807, 2.05) is 0 Å². The second kappa shape index (κ2) is 6.18. The maximum Gasteiger partial charge on any atom is 0.268 e. The number of hydrogen-bond donors (Lipinski definition) is 3. The van der Waals surface area contributed by atoms with Gasteiger partial charge in [0, 0.05) is 17.0 Å². The van der Waals surface area contributed by atoms with Crippen molar-refractivity contribution in [2.24, 2.45) is 5.16 Å². The van der Waals surface area contributed by atoms with Crippen LogP contribution in [-0.2, 0) is 9.63 Å². The third-order valence-corrected chi connectivity index (χ3v) is 3.63. The second-order valence-corrected chi connectivity index (χ2v) is 5.44. The fraction of sp³-hybridized carbons (Fsp3) is 0.125. The lowest BCUT2D eigenvalue weighted by Gasteiger charge is -2.11. The summed E-state index contributed by atoms with van der Waals surface area (Å²) in [5.74, 6) is -0.484. The van der Waals surface area contributed by atoms with Crippen LogP contribution in [0.1, 0.15) is 12.0 Å². The zero-order chi connectivity index (χ0) is 16.4. The summed E-state index contributed by atoms with van der Waals surface area (Å²) in [6, 6.07) is 11.0. The molecule has 0 saturated carbocycles. The fourth-order valence-electron chi connectivity index (χ4n) is 2.22. The first kappa shape index (κ1) is 15.2. The molecule has 7 heteroatoms. The van der Waals surface area contributed by atoms with E-state index in [1.165, 1.54) is 24.3 Å². The number of phenols is 2. The largest absolute Gasteiger partial charge is 0.507 e.